The van der Waals surface area contributed by atoms with Gasteiger partial charge in [0.05, 0.1) is 6.10 Å². The van der Waals surface area contributed by atoms with Crippen LogP contribution in [-0.4, -0.2) is 24.3 Å². The number of carbonyl (C=O) groups excluding carboxylic acids is 1. The molecule has 3 nitrogen and oxygen atoms in total. The third-order valence-electron chi connectivity index (χ3n) is 7.30. The molecule has 0 spiro atoms. The first kappa shape index (κ1) is 23.7. The standard InChI is InChI=1S/C25H46O3/c1-7-25(15-9-8-10-16-25)28-23(26)18-27-21-13-11-20(12-14-21)22(17-19(2)3)24(4,5)6/h19-22H,7-18H2,1-6H3. The van der Waals surface area contributed by atoms with Gasteiger partial charge in [-0.05, 0) is 87.4 Å². The highest BCUT2D eigenvalue weighted by atomic mass is 16.6. The van der Waals surface area contributed by atoms with Crippen molar-refractivity contribution >= 4 is 5.97 Å². The molecule has 164 valence electrons. The zero-order chi connectivity index (χ0) is 20.8. The Morgan fingerprint density at radius 2 is 1.64 bits per heavy atom. The van der Waals surface area contributed by atoms with Crippen LogP contribution in [0.1, 0.15) is 112 Å². The van der Waals surface area contributed by atoms with Crippen LogP contribution in [0.5, 0.6) is 0 Å². The zero-order valence-electron chi connectivity index (χ0n) is 19.5. The Bertz CT molecular complexity index is 463. The molecule has 2 rings (SSSR count). The fourth-order valence-corrected chi connectivity index (χ4v) is 5.60. The van der Waals surface area contributed by atoms with Crippen LogP contribution in [-0.2, 0) is 14.3 Å². The van der Waals surface area contributed by atoms with Gasteiger partial charge in [0, 0.05) is 0 Å². The van der Waals surface area contributed by atoms with Gasteiger partial charge >= 0.3 is 5.97 Å². The molecule has 2 saturated carbocycles. The summed E-state index contributed by atoms with van der Waals surface area (Å²) >= 11 is 0. The molecule has 0 amide bonds. The summed E-state index contributed by atoms with van der Waals surface area (Å²) in [5.41, 5.74) is 0.147. The van der Waals surface area contributed by atoms with Crippen molar-refractivity contribution in [2.24, 2.45) is 23.2 Å². The topological polar surface area (TPSA) is 35.5 Å². The number of ether oxygens (including phenoxy) is 2. The van der Waals surface area contributed by atoms with E-state index in [1.165, 1.54) is 38.5 Å². The summed E-state index contributed by atoms with van der Waals surface area (Å²) in [6.07, 6.45) is 12.8. The van der Waals surface area contributed by atoms with Crippen LogP contribution < -0.4 is 0 Å². The van der Waals surface area contributed by atoms with Crippen LogP contribution >= 0.6 is 0 Å². The van der Waals surface area contributed by atoms with Crippen molar-refractivity contribution in [1.29, 1.82) is 0 Å². The molecule has 0 heterocycles. The SMILES string of the molecule is CCC1(OC(=O)COC2CCC(C(CC(C)C)C(C)(C)C)CC2)CCCCC1. The third-order valence-corrected chi connectivity index (χ3v) is 7.30. The molecule has 2 fully saturated rings. The van der Waals surface area contributed by atoms with Gasteiger partial charge in [0.1, 0.15) is 12.2 Å². The van der Waals surface area contributed by atoms with Crippen molar-refractivity contribution in [2.75, 3.05) is 6.61 Å². The van der Waals surface area contributed by atoms with E-state index in [9.17, 15) is 4.79 Å². The second-order valence-corrected chi connectivity index (χ2v) is 11.0. The second-order valence-electron chi connectivity index (χ2n) is 11.0. The van der Waals surface area contributed by atoms with E-state index >= 15 is 0 Å². The van der Waals surface area contributed by atoms with Crippen LogP contribution in [0.4, 0.5) is 0 Å². The molecule has 28 heavy (non-hydrogen) atoms. The minimum absolute atomic E-state index is 0.131. The molecule has 1 unspecified atom stereocenters. The maximum Gasteiger partial charge on any atom is 0.332 e. The average Bonchev–Trinajstić information content (AvgIpc) is 2.65. The number of hydrogen-bond donors (Lipinski definition) is 0. The van der Waals surface area contributed by atoms with E-state index in [-0.39, 0.29) is 24.3 Å². The molecule has 0 aromatic carbocycles. The minimum atomic E-state index is -0.215. The lowest BCUT2D eigenvalue weighted by Crippen LogP contribution is -2.38. The van der Waals surface area contributed by atoms with Crippen LogP contribution in [0.25, 0.3) is 0 Å². The molecule has 0 aromatic rings. The lowest BCUT2D eigenvalue weighted by atomic mass is 9.65. The normalized spacial score (nSPS) is 26.8. The van der Waals surface area contributed by atoms with Gasteiger partial charge < -0.3 is 9.47 Å². The van der Waals surface area contributed by atoms with E-state index in [2.05, 4.69) is 41.5 Å². The summed E-state index contributed by atoms with van der Waals surface area (Å²) in [5, 5.41) is 0. The van der Waals surface area contributed by atoms with Gasteiger partial charge in [0.15, 0.2) is 0 Å². The van der Waals surface area contributed by atoms with Gasteiger partial charge in [-0.15, -0.1) is 0 Å². The van der Waals surface area contributed by atoms with Gasteiger partial charge in [-0.3, -0.25) is 0 Å². The van der Waals surface area contributed by atoms with E-state index in [4.69, 9.17) is 9.47 Å². The monoisotopic (exact) mass is 394 g/mol. The van der Waals surface area contributed by atoms with Crippen molar-refractivity contribution in [3.63, 3.8) is 0 Å². The Labute approximate surface area is 174 Å². The van der Waals surface area contributed by atoms with Crippen molar-refractivity contribution in [3.05, 3.63) is 0 Å². The van der Waals surface area contributed by atoms with E-state index in [1.807, 2.05) is 0 Å². The highest BCUT2D eigenvalue weighted by molar-refractivity contribution is 5.71. The van der Waals surface area contributed by atoms with E-state index in [0.29, 0.717) is 5.41 Å². The predicted molar refractivity (Wildman–Crippen MR) is 116 cm³/mol. The van der Waals surface area contributed by atoms with E-state index in [1.54, 1.807) is 0 Å². The number of carbonyl (C=O) groups is 1. The molecular formula is C25H46O3. The molecule has 0 aliphatic heterocycles. The quantitative estimate of drug-likeness (QED) is 0.419. The smallest absolute Gasteiger partial charge is 0.332 e. The Kier molecular flexibility index (Phi) is 8.85. The summed E-state index contributed by atoms with van der Waals surface area (Å²) in [6.45, 7) is 14.1. The van der Waals surface area contributed by atoms with Crippen LogP contribution in [0.2, 0.25) is 0 Å². The first-order chi connectivity index (χ1) is 13.1. The Balaban J connectivity index is 1.76. The Morgan fingerprint density at radius 3 is 2.14 bits per heavy atom. The number of esters is 1. The lowest BCUT2D eigenvalue weighted by molar-refractivity contribution is -0.172. The molecule has 0 radical (unpaired) electrons. The Morgan fingerprint density at radius 1 is 1.04 bits per heavy atom. The third kappa shape index (κ3) is 7.04. The summed E-state index contributed by atoms with van der Waals surface area (Å²) < 4.78 is 11.9. The molecule has 2 aliphatic rings. The molecular weight excluding hydrogens is 348 g/mol. The number of hydrogen-bond acceptors (Lipinski definition) is 3. The largest absolute Gasteiger partial charge is 0.457 e. The van der Waals surface area contributed by atoms with Crippen LogP contribution in [0.15, 0.2) is 0 Å². The summed E-state index contributed by atoms with van der Waals surface area (Å²) in [6, 6.07) is 0. The second kappa shape index (κ2) is 10.5. The highest BCUT2D eigenvalue weighted by Gasteiger charge is 2.36. The number of rotatable bonds is 8. The molecule has 0 bridgehead atoms. The van der Waals surface area contributed by atoms with Gasteiger partial charge in [0.2, 0.25) is 0 Å². The van der Waals surface area contributed by atoms with Gasteiger partial charge in [-0.2, -0.15) is 0 Å². The lowest BCUT2D eigenvalue weighted by Gasteiger charge is -2.41. The molecule has 0 N–H and O–H groups in total. The fourth-order valence-electron chi connectivity index (χ4n) is 5.60. The van der Waals surface area contributed by atoms with Crippen molar-refractivity contribution < 1.29 is 14.3 Å². The minimum Gasteiger partial charge on any atom is -0.457 e. The zero-order valence-corrected chi connectivity index (χ0v) is 19.5. The fraction of sp³-hybridized carbons (Fsp3) is 0.960. The average molecular weight is 395 g/mol. The van der Waals surface area contributed by atoms with E-state index in [0.717, 1.165) is 49.9 Å². The maximum atomic E-state index is 12.4. The van der Waals surface area contributed by atoms with Crippen molar-refractivity contribution in [1.82, 2.24) is 0 Å². The van der Waals surface area contributed by atoms with Gasteiger partial charge in [0.25, 0.3) is 0 Å². The van der Waals surface area contributed by atoms with Crippen LogP contribution in [0.3, 0.4) is 0 Å². The maximum absolute atomic E-state index is 12.4. The molecule has 3 heteroatoms. The van der Waals surface area contributed by atoms with E-state index < -0.39 is 0 Å². The molecule has 1 atom stereocenters. The Hall–Kier alpha value is -0.570. The molecule has 0 aromatic heterocycles. The van der Waals surface area contributed by atoms with Gasteiger partial charge in [-0.25, -0.2) is 4.79 Å². The molecule has 2 aliphatic carbocycles. The summed E-state index contributed by atoms with van der Waals surface area (Å²) in [4.78, 5) is 12.4. The predicted octanol–water partition coefficient (Wildman–Crippen LogP) is 6.93. The van der Waals surface area contributed by atoms with Crippen molar-refractivity contribution in [2.45, 2.75) is 124 Å². The first-order valence-electron chi connectivity index (χ1n) is 12.0. The van der Waals surface area contributed by atoms with Crippen molar-refractivity contribution in [3.8, 4) is 0 Å². The summed E-state index contributed by atoms with van der Waals surface area (Å²) in [5.74, 6) is 2.16. The van der Waals surface area contributed by atoms with Crippen LogP contribution in [0, 0.1) is 23.2 Å². The van der Waals surface area contributed by atoms with Gasteiger partial charge in [-0.1, -0.05) is 48.0 Å². The summed E-state index contributed by atoms with van der Waals surface area (Å²) in [7, 11) is 0. The highest BCUT2D eigenvalue weighted by Crippen LogP contribution is 2.43. The first-order valence-corrected chi connectivity index (χ1v) is 12.0. The molecule has 0 saturated heterocycles.